The molecule has 0 spiro atoms. The van der Waals surface area contributed by atoms with Gasteiger partial charge in [0.05, 0.1) is 12.2 Å². The first kappa shape index (κ1) is 19.2. The Morgan fingerprint density at radius 3 is 2.19 bits per heavy atom. The second kappa shape index (κ2) is 7.24. The molecule has 0 bridgehead atoms. The van der Waals surface area contributed by atoms with Crippen LogP contribution >= 0.6 is 0 Å². The fourth-order valence-electron chi connectivity index (χ4n) is 3.24. The van der Waals surface area contributed by atoms with E-state index in [1.54, 1.807) is 19.9 Å². The number of benzene rings is 2. The molecule has 27 heavy (non-hydrogen) atoms. The molecule has 1 aliphatic rings. The van der Waals surface area contributed by atoms with Crippen LogP contribution in [0.25, 0.3) is 11.1 Å². The predicted molar refractivity (Wildman–Crippen MR) is 94.7 cm³/mol. The topological polar surface area (TPSA) is 140 Å². The summed E-state index contributed by atoms with van der Waals surface area (Å²) in [6.07, 6.45) is -5.02. The summed E-state index contributed by atoms with van der Waals surface area (Å²) >= 11 is 0. The average Bonchev–Trinajstić information content (AvgIpc) is 2.84. The minimum absolute atomic E-state index is 0.103. The molecule has 8 nitrogen and oxygen atoms in total. The maximum absolute atomic E-state index is 10.5. The Bertz CT molecular complexity index is 827. The van der Waals surface area contributed by atoms with Crippen molar-refractivity contribution in [3.05, 3.63) is 35.4 Å². The van der Waals surface area contributed by atoms with Crippen molar-refractivity contribution in [2.75, 3.05) is 6.61 Å². The van der Waals surface area contributed by atoms with Crippen molar-refractivity contribution in [1.82, 2.24) is 0 Å². The Hall–Kier alpha value is -2.52. The molecule has 4 atom stereocenters. The normalized spacial score (nSPS) is 24.9. The highest BCUT2D eigenvalue weighted by Gasteiger charge is 2.44. The smallest absolute Gasteiger partial charge is 0.229 e. The van der Waals surface area contributed by atoms with E-state index in [1.165, 1.54) is 12.1 Å². The molecule has 4 unspecified atom stereocenters. The molecule has 8 heteroatoms. The third-order valence-corrected chi connectivity index (χ3v) is 4.52. The zero-order chi connectivity index (χ0) is 19.9. The number of rotatable bonds is 4. The summed E-state index contributed by atoms with van der Waals surface area (Å²) < 4.78 is 11.0. The zero-order valence-electron chi connectivity index (χ0n) is 14.8. The number of aliphatic hydroxyl groups is 3. The minimum Gasteiger partial charge on any atom is -0.508 e. The van der Waals surface area contributed by atoms with Gasteiger partial charge in [-0.15, -0.1) is 0 Å². The van der Waals surface area contributed by atoms with Crippen LogP contribution in [0.1, 0.15) is 11.1 Å². The first-order valence-corrected chi connectivity index (χ1v) is 8.38. The van der Waals surface area contributed by atoms with Gasteiger partial charge < -0.3 is 40.1 Å². The lowest BCUT2D eigenvalue weighted by Gasteiger charge is -2.21. The molecule has 0 aromatic heterocycles. The third-order valence-electron chi connectivity index (χ3n) is 4.52. The average molecular weight is 378 g/mol. The van der Waals surface area contributed by atoms with Crippen LogP contribution in [-0.4, -0.2) is 61.8 Å². The summed E-state index contributed by atoms with van der Waals surface area (Å²) in [5, 5.41) is 59.6. The van der Waals surface area contributed by atoms with Crippen LogP contribution in [0.5, 0.6) is 23.0 Å². The number of hydrogen-bond acceptors (Lipinski definition) is 8. The van der Waals surface area contributed by atoms with Gasteiger partial charge in [-0.3, -0.25) is 0 Å². The van der Waals surface area contributed by atoms with Crippen molar-refractivity contribution < 1.29 is 40.1 Å². The maximum Gasteiger partial charge on any atom is 0.229 e. The van der Waals surface area contributed by atoms with E-state index in [2.05, 4.69) is 0 Å². The van der Waals surface area contributed by atoms with Crippen molar-refractivity contribution in [3.63, 3.8) is 0 Å². The van der Waals surface area contributed by atoms with E-state index in [0.29, 0.717) is 11.1 Å². The van der Waals surface area contributed by atoms with Crippen molar-refractivity contribution in [2.45, 2.75) is 38.4 Å². The number of hydrogen-bond donors (Lipinski definition) is 6. The standard InChI is InChI=1S/C19H22O8/c1-8-3-11(22)16(15-9(2)5-10(21)6-12(15)23)13(4-8)26-19-18(25)17(24)14(7-20)27-19/h3-6,14,17-25H,7H2,1-2H3. The Balaban J connectivity index is 2.08. The molecule has 1 saturated heterocycles. The Labute approximate surface area is 155 Å². The molecule has 0 saturated carbocycles. The van der Waals surface area contributed by atoms with Gasteiger partial charge in [-0.1, -0.05) is 0 Å². The van der Waals surface area contributed by atoms with Gasteiger partial charge in [0.2, 0.25) is 6.29 Å². The molecule has 2 aromatic carbocycles. The molecule has 0 radical (unpaired) electrons. The van der Waals surface area contributed by atoms with E-state index in [9.17, 15) is 30.6 Å². The molecule has 146 valence electrons. The molecular weight excluding hydrogens is 356 g/mol. The molecule has 2 aromatic rings. The fraction of sp³-hybridized carbons (Fsp3) is 0.368. The molecule has 1 fully saturated rings. The third kappa shape index (κ3) is 3.52. The second-order valence-electron chi connectivity index (χ2n) is 6.64. The summed E-state index contributed by atoms with van der Waals surface area (Å²) in [6, 6.07) is 5.61. The number of aliphatic hydroxyl groups excluding tert-OH is 3. The SMILES string of the molecule is Cc1cc(O)c(-c2c(C)cc(O)cc2O)c(OC2OC(CO)C(O)C2O)c1. The molecule has 0 aliphatic carbocycles. The molecule has 1 heterocycles. The van der Waals surface area contributed by atoms with Gasteiger partial charge in [-0.25, -0.2) is 0 Å². The Morgan fingerprint density at radius 1 is 0.926 bits per heavy atom. The van der Waals surface area contributed by atoms with Crippen molar-refractivity contribution in [1.29, 1.82) is 0 Å². The Kier molecular flexibility index (Phi) is 5.16. The van der Waals surface area contributed by atoms with Crippen molar-refractivity contribution in [2.24, 2.45) is 0 Å². The zero-order valence-corrected chi connectivity index (χ0v) is 14.8. The van der Waals surface area contributed by atoms with Crippen LogP contribution in [-0.2, 0) is 4.74 Å². The van der Waals surface area contributed by atoms with Gasteiger partial charge >= 0.3 is 0 Å². The maximum atomic E-state index is 10.5. The summed E-state index contributed by atoms with van der Waals surface area (Å²) in [4.78, 5) is 0. The van der Waals surface area contributed by atoms with Crippen LogP contribution in [0.15, 0.2) is 24.3 Å². The van der Waals surface area contributed by atoms with Crippen LogP contribution in [0, 0.1) is 13.8 Å². The number of phenolic OH excluding ortho intramolecular Hbond substituents is 3. The predicted octanol–water partition coefficient (Wildman–Crippen LogP) is 0.905. The number of phenols is 3. The first-order chi connectivity index (χ1) is 12.7. The lowest BCUT2D eigenvalue weighted by Crippen LogP contribution is -2.35. The second-order valence-corrected chi connectivity index (χ2v) is 6.64. The van der Waals surface area contributed by atoms with E-state index >= 15 is 0 Å². The Morgan fingerprint density at radius 2 is 1.59 bits per heavy atom. The van der Waals surface area contributed by atoms with Gasteiger partial charge in [0.15, 0.2) is 0 Å². The molecule has 3 rings (SSSR count). The van der Waals surface area contributed by atoms with Gasteiger partial charge in [0.1, 0.15) is 41.3 Å². The van der Waals surface area contributed by atoms with Crippen molar-refractivity contribution in [3.8, 4) is 34.1 Å². The molecule has 6 N–H and O–H groups in total. The monoisotopic (exact) mass is 378 g/mol. The lowest BCUT2D eigenvalue weighted by molar-refractivity contribution is -0.116. The van der Waals surface area contributed by atoms with Gasteiger partial charge in [0, 0.05) is 11.6 Å². The van der Waals surface area contributed by atoms with Gasteiger partial charge in [0.25, 0.3) is 0 Å². The van der Waals surface area contributed by atoms with Crippen LogP contribution in [0.4, 0.5) is 0 Å². The first-order valence-electron chi connectivity index (χ1n) is 8.38. The number of ether oxygens (including phenoxy) is 2. The highest BCUT2D eigenvalue weighted by Crippen LogP contribution is 2.46. The minimum atomic E-state index is -1.41. The summed E-state index contributed by atoms with van der Waals surface area (Å²) in [6.45, 7) is 2.86. The van der Waals surface area contributed by atoms with Crippen molar-refractivity contribution >= 4 is 0 Å². The largest absolute Gasteiger partial charge is 0.508 e. The van der Waals surface area contributed by atoms with Crippen LogP contribution < -0.4 is 4.74 Å². The lowest BCUT2D eigenvalue weighted by atomic mass is 9.96. The van der Waals surface area contributed by atoms with Crippen LogP contribution in [0.2, 0.25) is 0 Å². The van der Waals surface area contributed by atoms with E-state index in [4.69, 9.17) is 9.47 Å². The van der Waals surface area contributed by atoms with E-state index in [1.807, 2.05) is 0 Å². The van der Waals surface area contributed by atoms with Gasteiger partial charge in [-0.2, -0.15) is 0 Å². The summed E-state index contributed by atoms with van der Waals surface area (Å²) in [5.74, 6) is -0.476. The van der Waals surface area contributed by atoms with Crippen LogP contribution in [0.3, 0.4) is 0 Å². The molecule has 0 amide bonds. The fourth-order valence-corrected chi connectivity index (χ4v) is 3.24. The highest BCUT2D eigenvalue weighted by atomic mass is 16.7. The van der Waals surface area contributed by atoms with E-state index < -0.39 is 31.2 Å². The number of aryl methyl sites for hydroxylation is 2. The number of aromatic hydroxyl groups is 3. The molecular formula is C19H22O8. The highest BCUT2D eigenvalue weighted by molar-refractivity contribution is 5.84. The van der Waals surface area contributed by atoms with E-state index in [-0.39, 0.29) is 34.1 Å². The summed E-state index contributed by atoms with van der Waals surface area (Å²) in [7, 11) is 0. The quantitative estimate of drug-likeness (QED) is 0.461. The molecule has 1 aliphatic heterocycles. The van der Waals surface area contributed by atoms with E-state index in [0.717, 1.165) is 6.07 Å². The van der Waals surface area contributed by atoms with Gasteiger partial charge in [-0.05, 0) is 43.2 Å². The summed E-state index contributed by atoms with van der Waals surface area (Å²) in [5.41, 5.74) is 1.52.